The maximum absolute atomic E-state index is 2.49. The van der Waals surface area contributed by atoms with Gasteiger partial charge in [0.15, 0.2) is 0 Å². The van der Waals surface area contributed by atoms with Crippen LogP contribution in [0.5, 0.6) is 0 Å². The third kappa shape index (κ3) is 3.53. The average Bonchev–Trinajstić information content (AvgIpc) is 2.44. The molecule has 0 nitrogen and oxygen atoms in total. The van der Waals surface area contributed by atoms with E-state index in [0.717, 1.165) is 0 Å². The van der Waals surface area contributed by atoms with Crippen LogP contribution in [0, 0.1) is 0 Å². The van der Waals surface area contributed by atoms with Crippen LogP contribution in [0.15, 0.2) is 20.6 Å². The Morgan fingerprint density at radius 2 is 2.00 bits per heavy atom. The predicted octanol–water partition coefficient (Wildman–Crippen LogP) is 4.11. The zero-order valence-corrected chi connectivity index (χ0v) is 12.4. The number of hydrogen-bond acceptors (Lipinski definition) is 0. The molecular weight excluding hydrogens is 323 g/mol. The Morgan fingerprint density at radius 1 is 1.23 bits per heavy atom. The van der Waals surface area contributed by atoms with Crippen LogP contribution in [0.2, 0.25) is 0 Å². The predicted molar refractivity (Wildman–Crippen MR) is 54.2 cm³/mol. The molecule has 0 N–H and O–H groups in total. The van der Waals surface area contributed by atoms with Gasteiger partial charge >= 0.3 is 97.3 Å². The molecule has 0 saturated heterocycles. The molecule has 0 radical (unpaired) electrons. The van der Waals surface area contributed by atoms with E-state index in [1.165, 1.54) is 62.9 Å². The molecule has 0 bridgehead atoms. The Morgan fingerprint density at radius 3 is 2.62 bits per heavy atom. The van der Waals surface area contributed by atoms with Crippen molar-refractivity contribution in [3.63, 3.8) is 0 Å². The molecule has 1 aliphatic carbocycles. The Labute approximate surface area is 97.1 Å². The Bertz CT molecular complexity index is 223. The third-order valence-electron chi connectivity index (χ3n) is 2.54. The van der Waals surface area contributed by atoms with E-state index in [1.54, 1.807) is 14.5 Å². The van der Waals surface area contributed by atoms with Crippen molar-refractivity contribution >= 4 is 0 Å². The van der Waals surface area contributed by atoms with Crippen LogP contribution >= 0.6 is 0 Å². The van der Waals surface area contributed by atoms with Gasteiger partial charge in [-0.1, -0.05) is 0 Å². The zero-order chi connectivity index (χ0) is 9.68. The van der Waals surface area contributed by atoms with Crippen LogP contribution in [-0.4, -0.2) is 0 Å². The fourth-order valence-corrected chi connectivity index (χ4v) is 3.32. The molecule has 0 saturated carbocycles. The topological polar surface area (TPSA) is 0 Å². The van der Waals surface area contributed by atoms with E-state index in [9.17, 15) is 0 Å². The van der Waals surface area contributed by atoms with Crippen LogP contribution < -0.4 is 0 Å². The fraction of sp³-hybridized carbons (Fsp3) is 0.667. The van der Waals surface area contributed by atoms with E-state index in [2.05, 4.69) is 19.9 Å². The fourth-order valence-electron chi connectivity index (χ4n) is 1.80. The Kier molecular flexibility index (Phi) is 5.23. The van der Waals surface area contributed by atoms with Crippen LogP contribution in [0.25, 0.3) is 0 Å². The van der Waals surface area contributed by atoms with Crippen molar-refractivity contribution in [2.24, 2.45) is 0 Å². The molecule has 0 spiro atoms. The van der Waals surface area contributed by atoms with Gasteiger partial charge in [0, 0.05) is 0 Å². The van der Waals surface area contributed by atoms with Gasteiger partial charge < -0.3 is 0 Å². The van der Waals surface area contributed by atoms with Gasteiger partial charge in [-0.25, -0.2) is 0 Å². The number of unbranched alkanes of at least 4 members (excludes halogenated alkanes) is 1. The SMILES string of the molecule is CCCCC1=[C]([Hf])CC(CCC)=C1. The molecule has 0 fully saturated rings. The van der Waals surface area contributed by atoms with E-state index in [1.807, 2.05) is 0 Å². The normalized spacial score (nSPS) is 16.5. The minimum absolute atomic E-state index is 1.28. The van der Waals surface area contributed by atoms with Crippen molar-refractivity contribution < 1.29 is 24.4 Å². The summed E-state index contributed by atoms with van der Waals surface area (Å²) in [7, 11) is 0. The summed E-state index contributed by atoms with van der Waals surface area (Å²) >= 11 is 1.28. The van der Waals surface area contributed by atoms with Crippen LogP contribution in [0.3, 0.4) is 0 Å². The number of hydrogen-bond donors (Lipinski definition) is 0. The average molecular weight is 342 g/mol. The first kappa shape index (κ1) is 11.4. The number of allylic oxidation sites excluding steroid dienone is 4. The molecule has 0 aromatic carbocycles. The van der Waals surface area contributed by atoms with E-state index >= 15 is 0 Å². The van der Waals surface area contributed by atoms with E-state index < -0.39 is 0 Å². The van der Waals surface area contributed by atoms with Crippen LogP contribution in [0.1, 0.15) is 52.4 Å². The van der Waals surface area contributed by atoms with E-state index in [4.69, 9.17) is 0 Å². The van der Waals surface area contributed by atoms with Gasteiger partial charge in [-0.05, 0) is 0 Å². The maximum atomic E-state index is 2.49. The Hall–Kier alpha value is 0.350. The molecule has 0 aromatic heterocycles. The molecule has 0 atom stereocenters. The molecular formula is C12H19Hf. The second-order valence-electron chi connectivity index (χ2n) is 3.84. The second-order valence-corrected chi connectivity index (χ2v) is 6.01. The molecule has 1 aliphatic rings. The quantitative estimate of drug-likeness (QED) is 0.660. The zero-order valence-electron chi connectivity index (χ0n) is 8.82. The van der Waals surface area contributed by atoms with Crippen molar-refractivity contribution in [2.75, 3.05) is 0 Å². The van der Waals surface area contributed by atoms with Gasteiger partial charge in [-0.15, -0.1) is 0 Å². The molecule has 0 aliphatic heterocycles. The molecule has 71 valence electrons. The van der Waals surface area contributed by atoms with Crippen molar-refractivity contribution in [3.05, 3.63) is 20.6 Å². The summed E-state index contributed by atoms with van der Waals surface area (Å²) in [6.07, 6.45) is 10.5. The van der Waals surface area contributed by atoms with E-state index in [-0.39, 0.29) is 0 Å². The summed E-state index contributed by atoms with van der Waals surface area (Å²) in [5.41, 5.74) is 3.38. The second kappa shape index (κ2) is 5.95. The van der Waals surface area contributed by atoms with E-state index in [0.29, 0.717) is 0 Å². The van der Waals surface area contributed by atoms with Gasteiger partial charge in [0.05, 0.1) is 0 Å². The molecule has 0 aromatic rings. The standard InChI is InChI=1S/C12H19.Hf/c1-3-5-7-12-9-8-11(10-12)6-4-2;/h10H,3-8H2,1-2H3;. The molecule has 0 amide bonds. The van der Waals surface area contributed by atoms with Gasteiger partial charge in [-0.3, -0.25) is 0 Å². The summed E-state index contributed by atoms with van der Waals surface area (Å²) < 4.78 is 1.76. The summed E-state index contributed by atoms with van der Waals surface area (Å²) in [4.78, 5) is 0. The molecule has 1 rings (SSSR count). The summed E-state index contributed by atoms with van der Waals surface area (Å²) in [6.45, 7) is 4.55. The van der Waals surface area contributed by atoms with Gasteiger partial charge in [0.25, 0.3) is 0 Å². The molecule has 13 heavy (non-hydrogen) atoms. The van der Waals surface area contributed by atoms with Crippen LogP contribution in [0.4, 0.5) is 0 Å². The first-order chi connectivity index (χ1) is 6.27. The molecule has 0 heterocycles. The van der Waals surface area contributed by atoms with Crippen molar-refractivity contribution in [1.82, 2.24) is 0 Å². The van der Waals surface area contributed by atoms with Crippen molar-refractivity contribution in [2.45, 2.75) is 52.4 Å². The minimum atomic E-state index is 1.28. The molecule has 1 heteroatoms. The van der Waals surface area contributed by atoms with Gasteiger partial charge in [-0.2, -0.15) is 0 Å². The molecule has 0 unspecified atom stereocenters. The Balaban J connectivity index is 2.46. The summed E-state index contributed by atoms with van der Waals surface area (Å²) in [5, 5.41) is 0. The van der Waals surface area contributed by atoms with Gasteiger partial charge in [0.2, 0.25) is 0 Å². The first-order valence-corrected chi connectivity index (χ1v) is 7.20. The van der Waals surface area contributed by atoms with Crippen molar-refractivity contribution in [3.8, 4) is 0 Å². The summed E-state index contributed by atoms with van der Waals surface area (Å²) in [6, 6.07) is 0. The van der Waals surface area contributed by atoms with Gasteiger partial charge in [0.1, 0.15) is 0 Å². The summed E-state index contributed by atoms with van der Waals surface area (Å²) in [5.74, 6) is 0. The number of rotatable bonds is 5. The van der Waals surface area contributed by atoms with Crippen molar-refractivity contribution in [1.29, 1.82) is 0 Å². The third-order valence-corrected chi connectivity index (χ3v) is 4.33. The first-order valence-electron chi connectivity index (χ1n) is 5.41. The monoisotopic (exact) mass is 343 g/mol. The van der Waals surface area contributed by atoms with Crippen LogP contribution in [-0.2, 0) is 24.4 Å².